The van der Waals surface area contributed by atoms with Crippen molar-refractivity contribution in [2.75, 3.05) is 33.7 Å². The van der Waals surface area contributed by atoms with E-state index in [2.05, 4.69) is 11.8 Å². The van der Waals surface area contributed by atoms with Crippen LogP contribution in [-0.2, 0) is 6.54 Å². The number of carbonyl (C=O) groups is 1. The van der Waals surface area contributed by atoms with Crippen LogP contribution in [0.3, 0.4) is 0 Å². The smallest absolute Gasteiger partial charge is 0.253 e. The predicted molar refractivity (Wildman–Crippen MR) is 74.5 cm³/mol. The van der Waals surface area contributed by atoms with Crippen molar-refractivity contribution in [1.29, 1.82) is 0 Å². The molecule has 0 aliphatic rings. The quantitative estimate of drug-likeness (QED) is 0.823. The highest BCUT2D eigenvalue weighted by Crippen LogP contribution is 2.08. The molecule has 4 nitrogen and oxygen atoms in total. The Morgan fingerprint density at radius 3 is 2.28 bits per heavy atom. The van der Waals surface area contributed by atoms with Gasteiger partial charge in [-0.2, -0.15) is 0 Å². The van der Waals surface area contributed by atoms with Crippen molar-refractivity contribution in [3.05, 3.63) is 35.4 Å². The minimum atomic E-state index is 0.0378. The van der Waals surface area contributed by atoms with Crippen LogP contribution in [0.1, 0.15) is 22.8 Å². The van der Waals surface area contributed by atoms with Gasteiger partial charge in [0.25, 0.3) is 5.91 Å². The molecule has 0 saturated carbocycles. The highest BCUT2D eigenvalue weighted by Gasteiger charge is 2.08. The summed E-state index contributed by atoms with van der Waals surface area (Å²) in [7, 11) is 3.52. The Morgan fingerprint density at radius 1 is 1.22 bits per heavy atom. The third-order valence-corrected chi connectivity index (χ3v) is 2.91. The van der Waals surface area contributed by atoms with E-state index in [9.17, 15) is 4.79 Å². The minimum absolute atomic E-state index is 0.0378. The second kappa shape index (κ2) is 7.13. The molecule has 1 aromatic carbocycles. The summed E-state index contributed by atoms with van der Waals surface area (Å²) in [6, 6.07) is 7.79. The maximum absolute atomic E-state index is 11.7. The van der Waals surface area contributed by atoms with Crippen molar-refractivity contribution in [3.8, 4) is 0 Å². The molecule has 18 heavy (non-hydrogen) atoms. The van der Waals surface area contributed by atoms with Crippen molar-refractivity contribution in [2.24, 2.45) is 5.73 Å². The maximum atomic E-state index is 11.7. The number of amides is 1. The number of nitrogens with zero attached hydrogens (tertiary/aromatic N) is 2. The van der Waals surface area contributed by atoms with Crippen LogP contribution in [0.2, 0.25) is 0 Å². The number of hydrogen-bond acceptors (Lipinski definition) is 3. The van der Waals surface area contributed by atoms with Crippen molar-refractivity contribution in [3.63, 3.8) is 0 Å². The van der Waals surface area contributed by atoms with Gasteiger partial charge >= 0.3 is 0 Å². The van der Waals surface area contributed by atoms with E-state index in [1.165, 1.54) is 5.56 Å². The fourth-order valence-corrected chi connectivity index (χ4v) is 1.80. The first kappa shape index (κ1) is 14.7. The first-order valence-corrected chi connectivity index (χ1v) is 6.31. The van der Waals surface area contributed by atoms with Crippen LogP contribution in [0, 0.1) is 0 Å². The molecule has 0 atom stereocenters. The number of rotatable bonds is 6. The van der Waals surface area contributed by atoms with Crippen LogP contribution in [-0.4, -0.2) is 49.4 Å². The molecule has 1 rings (SSSR count). The van der Waals surface area contributed by atoms with Crippen LogP contribution in [0.5, 0.6) is 0 Å². The molecule has 0 aliphatic carbocycles. The Balaban J connectivity index is 2.68. The molecular weight excluding hydrogens is 226 g/mol. The number of hydrogen-bond donors (Lipinski definition) is 1. The van der Waals surface area contributed by atoms with Gasteiger partial charge in [-0.25, -0.2) is 0 Å². The van der Waals surface area contributed by atoms with Crippen LogP contribution < -0.4 is 5.73 Å². The average molecular weight is 249 g/mol. The van der Waals surface area contributed by atoms with E-state index in [0.717, 1.165) is 25.2 Å². The van der Waals surface area contributed by atoms with Gasteiger partial charge in [0.05, 0.1) is 0 Å². The first-order chi connectivity index (χ1) is 8.58. The molecule has 0 unspecified atom stereocenters. The lowest BCUT2D eigenvalue weighted by Crippen LogP contribution is -2.28. The van der Waals surface area contributed by atoms with E-state index >= 15 is 0 Å². The van der Waals surface area contributed by atoms with Crippen LogP contribution >= 0.6 is 0 Å². The molecule has 0 fully saturated rings. The van der Waals surface area contributed by atoms with Crippen molar-refractivity contribution in [1.82, 2.24) is 9.80 Å². The van der Waals surface area contributed by atoms with E-state index in [1.807, 2.05) is 24.3 Å². The van der Waals surface area contributed by atoms with E-state index < -0.39 is 0 Å². The van der Waals surface area contributed by atoms with Crippen molar-refractivity contribution in [2.45, 2.75) is 13.5 Å². The topological polar surface area (TPSA) is 49.6 Å². The van der Waals surface area contributed by atoms with Gasteiger partial charge < -0.3 is 10.6 Å². The second-order valence-electron chi connectivity index (χ2n) is 4.55. The van der Waals surface area contributed by atoms with Gasteiger partial charge in [-0.1, -0.05) is 19.1 Å². The van der Waals surface area contributed by atoms with Crippen LogP contribution in [0.15, 0.2) is 24.3 Å². The number of carbonyl (C=O) groups excluding carboxylic acids is 1. The summed E-state index contributed by atoms with van der Waals surface area (Å²) >= 11 is 0. The van der Waals surface area contributed by atoms with Gasteiger partial charge in [-0.05, 0) is 24.2 Å². The Labute approximate surface area is 109 Å². The van der Waals surface area contributed by atoms with Gasteiger partial charge in [0.1, 0.15) is 0 Å². The Bertz CT molecular complexity index is 373. The molecule has 0 aromatic heterocycles. The van der Waals surface area contributed by atoms with Gasteiger partial charge in [0.15, 0.2) is 0 Å². The van der Waals surface area contributed by atoms with E-state index in [4.69, 9.17) is 5.73 Å². The number of benzene rings is 1. The third kappa shape index (κ3) is 4.13. The molecule has 0 radical (unpaired) electrons. The van der Waals surface area contributed by atoms with Crippen LogP contribution in [0.25, 0.3) is 0 Å². The normalized spacial score (nSPS) is 10.7. The fourth-order valence-electron chi connectivity index (χ4n) is 1.80. The summed E-state index contributed by atoms with van der Waals surface area (Å²) in [4.78, 5) is 15.6. The predicted octanol–water partition coefficient (Wildman–Crippen LogP) is 1.17. The standard InChI is InChI=1S/C14H23N3O/c1-4-17(10-9-15)11-12-5-7-13(8-6-12)14(18)16(2)3/h5-8H,4,9-11,15H2,1-3H3. The summed E-state index contributed by atoms with van der Waals surface area (Å²) in [5, 5.41) is 0. The first-order valence-electron chi connectivity index (χ1n) is 6.31. The molecule has 100 valence electrons. The molecule has 2 N–H and O–H groups in total. The molecule has 1 aromatic rings. The number of nitrogens with two attached hydrogens (primary N) is 1. The molecular formula is C14H23N3O. The lowest BCUT2D eigenvalue weighted by Gasteiger charge is -2.19. The van der Waals surface area contributed by atoms with Crippen molar-refractivity contribution >= 4 is 5.91 Å². The van der Waals surface area contributed by atoms with E-state index in [1.54, 1.807) is 19.0 Å². The second-order valence-corrected chi connectivity index (χ2v) is 4.55. The number of likely N-dealkylation sites (N-methyl/N-ethyl adjacent to an activating group) is 1. The summed E-state index contributed by atoms with van der Waals surface area (Å²) in [5.41, 5.74) is 7.50. The summed E-state index contributed by atoms with van der Waals surface area (Å²) in [6.45, 7) is 5.55. The molecule has 4 heteroatoms. The Morgan fingerprint density at radius 2 is 1.83 bits per heavy atom. The maximum Gasteiger partial charge on any atom is 0.253 e. The molecule has 0 saturated heterocycles. The summed E-state index contributed by atoms with van der Waals surface area (Å²) in [5.74, 6) is 0.0378. The largest absolute Gasteiger partial charge is 0.345 e. The summed E-state index contributed by atoms with van der Waals surface area (Å²) < 4.78 is 0. The van der Waals surface area contributed by atoms with Crippen molar-refractivity contribution < 1.29 is 4.79 Å². The monoisotopic (exact) mass is 249 g/mol. The van der Waals surface area contributed by atoms with Gasteiger partial charge in [-0.3, -0.25) is 9.69 Å². The molecule has 0 aliphatic heterocycles. The average Bonchev–Trinajstić information content (AvgIpc) is 2.38. The van der Waals surface area contributed by atoms with E-state index in [0.29, 0.717) is 6.54 Å². The zero-order chi connectivity index (χ0) is 13.5. The lowest BCUT2D eigenvalue weighted by atomic mass is 10.1. The third-order valence-electron chi connectivity index (χ3n) is 2.91. The zero-order valence-electron chi connectivity index (χ0n) is 11.5. The van der Waals surface area contributed by atoms with E-state index in [-0.39, 0.29) is 5.91 Å². The lowest BCUT2D eigenvalue weighted by molar-refractivity contribution is 0.0827. The Kier molecular flexibility index (Phi) is 5.82. The highest BCUT2D eigenvalue weighted by atomic mass is 16.2. The van der Waals surface area contributed by atoms with Crippen LogP contribution in [0.4, 0.5) is 0 Å². The molecule has 0 bridgehead atoms. The van der Waals surface area contributed by atoms with Gasteiger partial charge in [0.2, 0.25) is 0 Å². The molecule has 0 spiro atoms. The Hall–Kier alpha value is -1.39. The highest BCUT2D eigenvalue weighted by molar-refractivity contribution is 5.93. The van der Waals surface area contributed by atoms with Gasteiger partial charge in [0, 0.05) is 39.3 Å². The summed E-state index contributed by atoms with van der Waals surface area (Å²) in [6.07, 6.45) is 0. The SMILES string of the molecule is CCN(CCN)Cc1ccc(C(=O)N(C)C)cc1. The fraction of sp³-hybridized carbons (Fsp3) is 0.500. The molecule has 1 amide bonds. The molecule has 0 heterocycles. The zero-order valence-corrected chi connectivity index (χ0v) is 11.5. The van der Waals surface area contributed by atoms with Gasteiger partial charge in [-0.15, -0.1) is 0 Å². The minimum Gasteiger partial charge on any atom is -0.345 e.